The molecule has 6 nitrogen and oxygen atoms in total. The van der Waals surface area contributed by atoms with Gasteiger partial charge >= 0.3 is 0 Å². The van der Waals surface area contributed by atoms with E-state index in [2.05, 4.69) is 20.5 Å². The van der Waals surface area contributed by atoms with E-state index in [9.17, 15) is 4.79 Å². The number of rotatable bonds is 7. The second-order valence-electron chi connectivity index (χ2n) is 9.35. The zero-order chi connectivity index (χ0) is 26.8. The predicted octanol–water partition coefficient (Wildman–Crippen LogP) is 7.56. The molecule has 0 bridgehead atoms. The zero-order valence-electron chi connectivity index (χ0n) is 21.1. The van der Waals surface area contributed by atoms with Crippen LogP contribution in [0.3, 0.4) is 0 Å². The average molecular weight is 563 g/mol. The monoisotopic (exact) mass is 562 g/mol. The molecular weight excluding hydrogens is 536 g/mol. The third-order valence-electron chi connectivity index (χ3n) is 6.29. The first-order valence-electron chi connectivity index (χ1n) is 12.3. The second-order valence-corrected chi connectivity index (χ2v) is 11.3. The van der Waals surface area contributed by atoms with Crippen LogP contribution in [-0.2, 0) is 4.79 Å². The van der Waals surface area contributed by atoms with Crippen LogP contribution in [0.25, 0.3) is 0 Å². The summed E-state index contributed by atoms with van der Waals surface area (Å²) in [5.41, 5.74) is 3.48. The topological polar surface area (TPSA) is 70.4 Å². The summed E-state index contributed by atoms with van der Waals surface area (Å²) in [6.45, 7) is 5.72. The number of nitrogens with one attached hydrogen (secondary N) is 2. The van der Waals surface area contributed by atoms with Crippen molar-refractivity contribution in [2.75, 3.05) is 10.2 Å². The predicted molar refractivity (Wildman–Crippen MR) is 157 cm³/mol. The summed E-state index contributed by atoms with van der Waals surface area (Å²) >= 11 is 13.4. The lowest BCUT2D eigenvalue weighted by atomic mass is 10.0. The summed E-state index contributed by atoms with van der Waals surface area (Å²) in [6, 6.07) is 22.9. The summed E-state index contributed by atoms with van der Waals surface area (Å²) in [5, 5.41) is 8.49. The van der Waals surface area contributed by atoms with Crippen molar-refractivity contribution in [1.29, 1.82) is 0 Å². The van der Waals surface area contributed by atoms with Crippen molar-refractivity contribution in [3.63, 3.8) is 0 Å². The molecule has 9 heteroatoms. The van der Waals surface area contributed by atoms with Gasteiger partial charge in [-0.05, 0) is 91.4 Å². The maximum absolute atomic E-state index is 12.3. The fourth-order valence-corrected chi connectivity index (χ4v) is 5.55. The van der Waals surface area contributed by atoms with Gasteiger partial charge in [0.05, 0.1) is 11.7 Å². The lowest BCUT2D eigenvalue weighted by Gasteiger charge is -2.27. The number of carbonyl (C=O) groups is 1. The van der Waals surface area contributed by atoms with Crippen LogP contribution < -0.4 is 15.5 Å². The molecule has 2 atom stereocenters. The van der Waals surface area contributed by atoms with Gasteiger partial charge in [-0.1, -0.05) is 43.3 Å². The van der Waals surface area contributed by atoms with Crippen LogP contribution in [0.15, 0.2) is 93.4 Å². The van der Waals surface area contributed by atoms with E-state index in [-0.39, 0.29) is 23.9 Å². The molecule has 194 valence electrons. The highest BCUT2D eigenvalue weighted by molar-refractivity contribution is 7.99. The second kappa shape index (κ2) is 11.2. The number of aryl methyl sites for hydroxylation is 1. The van der Waals surface area contributed by atoms with Crippen molar-refractivity contribution in [3.05, 3.63) is 101 Å². The Balaban J connectivity index is 1.49. The molecule has 0 radical (unpaired) electrons. The number of halogens is 1. The summed E-state index contributed by atoms with van der Waals surface area (Å²) in [5.74, 6) is 0.639. The molecule has 1 aliphatic heterocycles. The SMILES string of the molecule is Cc1cc(N2C(=S)N[C@@H](c3ccccn3)[C@H]2c2ccc(Sc3ccc(Cl)cc3)o2)ccc1NC(=O)C(C)C. The van der Waals surface area contributed by atoms with Crippen LogP contribution in [0.2, 0.25) is 5.02 Å². The molecule has 0 spiro atoms. The van der Waals surface area contributed by atoms with Crippen molar-refractivity contribution in [2.24, 2.45) is 5.92 Å². The van der Waals surface area contributed by atoms with Crippen LogP contribution in [0.4, 0.5) is 11.4 Å². The fourth-order valence-electron chi connectivity index (χ4n) is 4.30. The molecule has 0 aliphatic carbocycles. The Hall–Kier alpha value is -3.33. The summed E-state index contributed by atoms with van der Waals surface area (Å²) < 4.78 is 6.39. The first-order valence-corrected chi connectivity index (χ1v) is 13.9. The van der Waals surface area contributed by atoms with Gasteiger partial charge in [-0.15, -0.1) is 0 Å². The Labute approximate surface area is 236 Å². The van der Waals surface area contributed by atoms with Crippen molar-refractivity contribution < 1.29 is 9.21 Å². The molecule has 1 aliphatic rings. The molecule has 1 fully saturated rings. The number of hydrogen-bond acceptors (Lipinski definition) is 5. The van der Waals surface area contributed by atoms with E-state index >= 15 is 0 Å². The average Bonchev–Trinajstić information content (AvgIpc) is 3.51. The number of nitrogens with zero attached hydrogens (tertiary/aromatic N) is 2. The van der Waals surface area contributed by atoms with E-state index < -0.39 is 0 Å². The van der Waals surface area contributed by atoms with Crippen LogP contribution in [-0.4, -0.2) is 16.0 Å². The Morgan fingerprint density at radius 2 is 1.92 bits per heavy atom. The van der Waals surface area contributed by atoms with E-state index in [0.29, 0.717) is 10.1 Å². The normalized spacial score (nSPS) is 17.1. The molecule has 4 aromatic rings. The van der Waals surface area contributed by atoms with Gasteiger partial charge in [0.1, 0.15) is 11.8 Å². The van der Waals surface area contributed by atoms with Crippen molar-refractivity contribution in [1.82, 2.24) is 10.3 Å². The quantitative estimate of drug-likeness (QED) is 0.225. The highest BCUT2D eigenvalue weighted by Crippen LogP contribution is 2.44. The Bertz CT molecular complexity index is 1460. The minimum Gasteiger partial charge on any atom is -0.452 e. The number of pyridine rings is 1. The van der Waals surface area contributed by atoms with Gasteiger partial charge in [-0.3, -0.25) is 9.78 Å². The summed E-state index contributed by atoms with van der Waals surface area (Å²) in [7, 11) is 0. The van der Waals surface area contributed by atoms with Gasteiger partial charge in [0.2, 0.25) is 5.91 Å². The van der Waals surface area contributed by atoms with E-state index in [0.717, 1.165) is 38.4 Å². The van der Waals surface area contributed by atoms with Gasteiger partial charge in [0, 0.05) is 33.4 Å². The molecule has 2 aromatic heterocycles. The maximum Gasteiger partial charge on any atom is 0.226 e. The number of hydrogen-bond donors (Lipinski definition) is 2. The number of carbonyl (C=O) groups excluding carboxylic acids is 1. The van der Waals surface area contributed by atoms with Gasteiger partial charge < -0.3 is 20.0 Å². The van der Waals surface area contributed by atoms with Crippen LogP contribution >= 0.6 is 35.6 Å². The third-order valence-corrected chi connectivity index (χ3v) is 7.79. The fraction of sp³-hybridized carbons (Fsp3) is 0.207. The number of aromatic nitrogens is 1. The lowest BCUT2D eigenvalue weighted by Crippen LogP contribution is -2.29. The number of benzene rings is 2. The Morgan fingerprint density at radius 3 is 2.61 bits per heavy atom. The molecule has 0 unspecified atom stereocenters. The minimum absolute atomic E-state index is 0.0198. The van der Waals surface area contributed by atoms with E-state index in [1.165, 1.54) is 11.8 Å². The summed E-state index contributed by atoms with van der Waals surface area (Å²) in [6.07, 6.45) is 1.78. The number of amides is 1. The first-order chi connectivity index (χ1) is 18.3. The van der Waals surface area contributed by atoms with E-state index in [1.54, 1.807) is 6.20 Å². The molecule has 2 aromatic carbocycles. The molecule has 1 saturated heterocycles. The highest BCUT2D eigenvalue weighted by Gasteiger charge is 2.42. The van der Waals surface area contributed by atoms with Gasteiger partial charge in [0.15, 0.2) is 10.2 Å². The maximum atomic E-state index is 12.3. The largest absolute Gasteiger partial charge is 0.452 e. The molecule has 5 rings (SSSR count). The molecule has 0 saturated carbocycles. The lowest BCUT2D eigenvalue weighted by molar-refractivity contribution is -0.118. The van der Waals surface area contributed by atoms with Crippen molar-refractivity contribution >= 4 is 58.0 Å². The van der Waals surface area contributed by atoms with E-state index in [4.69, 9.17) is 28.2 Å². The molecule has 2 N–H and O–H groups in total. The smallest absolute Gasteiger partial charge is 0.226 e. The van der Waals surface area contributed by atoms with Gasteiger partial charge in [-0.25, -0.2) is 0 Å². The van der Waals surface area contributed by atoms with E-state index in [1.807, 2.05) is 93.6 Å². The van der Waals surface area contributed by atoms with Crippen LogP contribution in [0.5, 0.6) is 0 Å². The molecule has 38 heavy (non-hydrogen) atoms. The highest BCUT2D eigenvalue weighted by atomic mass is 35.5. The van der Waals surface area contributed by atoms with Crippen molar-refractivity contribution in [3.8, 4) is 0 Å². The van der Waals surface area contributed by atoms with Gasteiger partial charge in [0.25, 0.3) is 0 Å². The number of furan rings is 1. The van der Waals surface area contributed by atoms with Crippen LogP contribution in [0, 0.1) is 12.8 Å². The Kier molecular flexibility index (Phi) is 7.74. The van der Waals surface area contributed by atoms with Crippen LogP contribution in [0.1, 0.15) is 42.9 Å². The standard InChI is InChI=1S/C29H27ClN4O2S2/c1-17(2)28(35)32-22-12-9-20(16-18(22)3)34-27(26(33-29(34)37)23-6-4-5-15-31-23)24-13-14-25(36-24)38-21-10-7-19(30)8-11-21/h4-17,26-27H,1-3H3,(H,32,35)(H,33,37)/t26-,27+/m0/s1. The third kappa shape index (κ3) is 5.57. The molecule has 3 heterocycles. The minimum atomic E-state index is -0.271. The van der Waals surface area contributed by atoms with Crippen molar-refractivity contribution in [2.45, 2.75) is 42.8 Å². The Morgan fingerprint density at radius 1 is 1.13 bits per heavy atom. The molecular formula is C29H27ClN4O2S2. The first kappa shape index (κ1) is 26.3. The zero-order valence-corrected chi connectivity index (χ0v) is 23.5. The molecule has 1 amide bonds. The number of thiocarbonyl (C=S) groups is 1. The number of anilines is 2. The van der Waals surface area contributed by atoms with Gasteiger partial charge in [-0.2, -0.15) is 0 Å². The summed E-state index contributed by atoms with van der Waals surface area (Å²) in [4.78, 5) is 20.0.